The molecule has 0 heterocycles. The summed E-state index contributed by atoms with van der Waals surface area (Å²) in [5.41, 5.74) is 0. The van der Waals surface area contributed by atoms with E-state index < -0.39 is 0 Å². The molecule has 0 atom stereocenters. The van der Waals surface area contributed by atoms with Gasteiger partial charge in [-0.3, -0.25) is 0 Å². The minimum absolute atomic E-state index is 1.50. The Morgan fingerprint density at radius 1 is 0.400 bits per heavy atom. The smallest absolute Gasteiger partial charge is 0.0533 e. The van der Waals surface area contributed by atoms with Gasteiger partial charge in [0.2, 0.25) is 0 Å². The lowest BCUT2D eigenvalue weighted by Gasteiger charge is -2.05. The Kier molecular flexibility index (Phi) is 20.2. The summed E-state index contributed by atoms with van der Waals surface area (Å²) >= 11 is 0. The first kappa shape index (κ1) is 12.7. The van der Waals surface area contributed by atoms with E-state index in [2.05, 4.69) is 0 Å². The third-order valence-electron chi connectivity index (χ3n) is 1.50. The third kappa shape index (κ3) is 10.9. The summed E-state index contributed by atoms with van der Waals surface area (Å²) in [5, 5.41) is 0. The van der Waals surface area contributed by atoms with Crippen molar-refractivity contribution in [1.82, 2.24) is 0 Å². The zero-order valence-electron chi connectivity index (χ0n) is 8.24. The van der Waals surface area contributed by atoms with Crippen LogP contribution in [0.1, 0.15) is 66.2 Å². The third-order valence-corrected chi connectivity index (χ3v) is 1.50. The fourth-order valence-corrected chi connectivity index (χ4v) is 1.06. The molecule has 0 aromatic carbocycles. The normalized spacial score (nSPS) is 15.6. The van der Waals surface area contributed by atoms with Gasteiger partial charge in [0.05, 0.1) is 0 Å². The van der Waals surface area contributed by atoms with Crippen LogP contribution in [0.4, 0.5) is 0 Å². The molecule has 0 N–H and O–H groups in total. The van der Waals surface area contributed by atoms with Crippen LogP contribution in [0.15, 0.2) is 0 Å². The molecule has 1 aliphatic carbocycles. The zero-order valence-corrected chi connectivity index (χ0v) is 8.24. The molecule has 0 amide bonds. The van der Waals surface area contributed by atoms with Gasteiger partial charge >= 0.3 is 0 Å². The van der Waals surface area contributed by atoms with Crippen molar-refractivity contribution in [2.75, 3.05) is 0 Å². The molecule has 0 spiro atoms. The molecule has 0 aliphatic heterocycles. The molecule has 1 saturated carbocycles. The minimum atomic E-state index is 1.50. The first-order valence-corrected chi connectivity index (χ1v) is 5.00. The molecule has 10 heavy (non-hydrogen) atoms. The zero-order chi connectivity index (χ0) is 8.24. The summed E-state index contributed by atoms with van der Waals surface area (Å²) in [5.74, 6) is 0. The second-order valence-corrected chi connectivity index (χ2v) is 2.12. The van der Waals surface area contributed by atoms with E-state index in [-0.39, 0.29) is 0 Å². The van der Waals surface area contributed by atoms with Crippen LogP contribution in [0.2, 0.25) is 0 Å². The maximum atomic E-state index is 2.00. The Bertz CT molecular complexity index is 15.5. The Morgan fingerprint density at radius 2 is 0.500 bits per heavy atom. The second kappa shape index (κ2) is 16.0. The highest BCUT2D eigenvalue weighted by atomic mass is 14.0. The molecule has 0 aromatic rings. The molecule has 0 heteroatoms. The number of rotatable bonds is 0. The summed E-state index contributed by atoms with van der Waals surface area (Å²) in [6.45, 7) is 8.00. The highest BCUT2D eigenvalue weighted by molar-refractivity contribution is 4.51. The summed E-state index contributed by atoms with van der Waals surface area (Å²) in [4.78, 5) is 0. The SMILES string of the molecule is C1CCCCC1.CC.CC. The van der Waals surface area contributed by atoms with Gasteiger partial charge in [0, 0.05) is 0 Å². The van der Waals surface area contributed by atoms with E-state index in [1.54, 1.807) is 0 Å². The number of hydrogen-bond donors (Lipinski definition) is 0. The molecule has 0 unspecified atom stereocenters. The van der Waals surface area contributed by atoms with Gasteiger partial charge in [-0.25, -0.2) is 0 Å². The van der Waals surface area contributed by atoms with Crippen molar-refractivity contribution in [1.29, 1.82) is 0 Å². The second-order valence-electron chi connectivity index (χ2n) is 2.12. The van der Waals surface area contributed by atoms with Crippen molar-refractivity contribution in [3.8, 4) is 0 Å². The van der Waals surface area contributed by atoms with Gasteiger partial charge in [-0.2, -0.15) is 0 Å². The fraction of sp³-hybridized carbons (Fsp3) is 1.00. The molecule has 1 rings (SSSR count). The van der Waals surface area contributed by atoms with Crippen molar-refractivity contribution in [3.63, 3.8) is 0 Å². The van der Waals surface area contributed by atoms with Crippen LogP contribution in [-0.2, 0) is 0 Å². The molecular formula is C10H24. The average molecular weight is 144 g/mol. The highest BCUT2D eigenvalue weighted by Gasteiger charge is 1.95. The molecule has 0 bridgehead atoms. The van der Waals surface area contributed by atoms with Crippen molar-refractivity contribution in [3.05, 3.63) is 0 Å². The lowest BCUT2D eigenvalue weighted by atomic mass is 10.0. The molecule has 0 aromatic heterocycles. The fourth-order valence-electron chi connectivity index (χ4n) is 1.06. The van der Waals surface area contributed by atoms with Gasteiger partial charge in [0.25, 0.3) is 0 Å². The van der Waals surface area contributed by atoms with Gasteiger partial charge in [-0.15, -0.1) is 0 Å². The van der Waals surface area contributed by atoms with Crippen LogP contribution in [-0.4, -0.2) is 0 Å². The van der Waals surface area contributed by atoms with E-state index in [4.69, 9.17) is 0 Å². The summed E-state index contributed by atoms with van der Waals surface area (Å²) in [7, 11) is 0. The van der Waals surface area contributed by atoms with Crippen LogP contribution < -0.4 is 0 Å². The Morgan fingerprint density at radius 3 is 0.600 bits per heavy atom. The molecule has 64 valence electrons. The van der Waals surface area contributed by atoms with E-state index in [1.807, 2.05) is 27.7 Å². The maximum Gasteiger partial charge on any atom is -0.0533 e. The largest absolute Gasteiger partial charge is 0.0683 e. The first-order chi connectivity index (χ1) is 5.00. The molecule has 1 fully saturated rings. The Balaban J connectivity index is 0. The topological polar surface area (TPSA) is 0 Å². The Labute approximate surface area is 67.0 Å². The lowest BCUT2D eigenvalue weighted by Crippen LogP contribution is -1.85. The van der Waals surface area contributed by atoms with Crippen molar-refractivity contribution in [2.24, 2.45) is 0 Å². The lowest BCUT2D eigenvalue weighted by molar-refractivity contribution is 0.504. The minimum Gasteiger partial charge on any atom is -0.0683 e. The van der Waals surface area contributed by atoms with Gasteiger partial charge in [0.15, 0.2) is 0 Å². The standard InChI is InChI=1S/C6H12.2C2H6/c1-2-4-6-5-3-1;2*1-2/h1-6H2;2*1-2H3. The Hall–Kier alpha value is 0. The van der Waals surface area contributed by atoms with Crippen LogP contribution in [0.25, 0.3) is 0 Å². The quantitative estimate of drug-likeness (QED) is 0.473. The van der Waals surface area contributed by atoms with Gasteiger partial charge in [-0.05, 0) is 0 Å². The van der Waals surface area contributed by atoms with Gasteiger partial charge in [0.1, 0.15) is 0 Å². The predicted molar refractivity (Wildman–Crippen MR) is 50.4 cm³/mol. The average Bonchev–Trinajstić information content (AvgIpc) is 2.14. The highest BCUT2D eigenvalue weighted by Crippen LogP contribution is 2.15. The van der Waals surface area contributed by atoms with E-state index in [0.717, 1.165) is 0 Å². The number of hydrogen-bond acceptors (Lipinski definition) is 0. The van der Waals surface area contributed by atoms with E-state index in [0.29, 0.717) is 0 Å². The van der Waals surface area contributed by atoms with Crippen molar-refractivity contribution in [2.45, 2.75) is 66.2 Å². The van der Waals surface area contributed by atoms with E-state index >= 15 is 0 Å². The maximum absolute atomic E-state index is 2.00. The monoisotopic (exact) mass is 144 g/mol. The molecule has 0 saturated heterocycles. The summed E-state index contributed by atoms with van der Waals surface area (Å²) in [6, 6.07) is 0. The molecular weight excluding hydrogens is 120 g/mol. The molecule has 0 nitrogen and oxygen atoms in total. The van der Waals surface area contributed by atoms with Crippen LogP contribution in [0, 0.1) is 0 Å². The first-order valence-electron chi connectivity index (χ1n) is 5.00. The van der Waals surface area contributed by atoms with Crippen molar-refractivity contribution >= 4 is 0 Å². The van der Waals surface area contributed by atoms with Gasteiger partial charge < -0.3 is 0 Å². The molecule has 1 aliphatic rings. The predicted octanol–water partition coefficient (Wildman–Crippen LogP) is 4.39. The summed E-state index contributed by atoms with van der Waals surface area (Å²) < 4.78 is 0. The molecule has 0 radical (unpaired) electrons. The van der Waals surface area contributed by atoms with Crippen LogP contribution in [0.5, 0.6) is 0 Å². The van der Waals surface area contributed by atoms with Crippen molar-refractivity contribution < 1.29 is 0 Å². The van der Waals surface area contributed by atoms with Crippen LogP contribution >= 0.6 is 0 Å². The van der Waals surface area contributed by atoms with Crippen LogP contribution in [0.3, 0.4) is 0 Å². The van der Waals surface area contributed by atoms with E-state index in [1.165, 1.54) is 38.5 Å². The van der Waals surface area contributed by atoms with E-state index in [9.17, 15) is 0 Å². The van der Waals surface area contributed by atoms with Gasteiger partial charge in [-0.1, -0.05) is 66.2 Å². The summed E-state index contributed by atoms with van der Waals surface area (Å²) in [6.07, 6.45) is 9.00.